The number of anilines is 1. The van der Waals surface area contributed by atoms with E-state index in [2.05, 4.69) is 25.9 Å². The number of halogens is 1. The first-order valence-corrected chi connectivity index (χ1v) is 10.6. The Labute approximate surface area is 188 Å². The van der Waals surface area contributed by atoms with Gasteiger partial charge in [0, 0.05) is 57.6 Å². The summed E-state index contributed by atoms with van der Waals surface area (Å²) in [6.07, 6.45) is 4.97. The van der Waals surface area contributed by atoms with E-state index in [1.165, 1.54) is 20.0 Å². The highest BCUT2D eigenvalue weighted by Gasteiger charge is 2.23. The number of amides is 1. The Bertz CT molecular complexity index is 642. The minimum absolute atomic E-state index is 0. The van der Waals surface area contributed by atoms with Crippen LogP contribution in [0.25, 0.3) is 0 Å². The molecule has 0 atom stereocenters. The van der Waals surface area contributed by atoms with Crippen molar-refractivity contribution >= 4 is 52.5 Å². The zero-order valence-corrected chi connectivity index (χ0v) is 19.8. The average molecular weight is 522 g/mol. The fraction of sp³-hybridized carbons (Fsp3) is 0.722. The minimum atomic E-state index is -0.243. The molecule has 2 N–H and O–H groups in total. The van der Waals surface area contributed by atoms with E-state index in [-0.39, 0.29) is 30.1 Å². The number of nitrogens with zero attached hydrogens (tertiary/aromatic N) is 4. The molecule has 3 rings (SSSR count). The molecule has 158 valence electrons. The molecule has 0 aliphatic carbocycles. The van der Waals surface area contributed by atoms with E-state index < -0.39 is 0 Å². The maximum Gasteiger partial charge on any atom is 0.409 e. The molecule has 0 spiro atoms. The van der Waals surface area contributed by atoms with Gasteiger partial charge < -0.3 is 25.2 Å². The summed E-state index contributed by atoms with van der Waals surface area (Å²) >= 11 is 1.74. The zero-order chi connectivity index (χ0) is 19.1. The standard InChI is InChI=1S/C18H30N6O2S.HI/c1-19-16(21-14-6-11-24(12-7-14)18(25)26-2)20-8-5-15-13-27-17(22-15)23-9-3-4-10-23;/h13-14H,3-12H2,1-2H3,(H2,19,20,21);1H. The van der Waals surface area contributed by atoms with E-state index in [1.807, 2.05) is 0 Å². The molecular formula is C18H31IN6O2S. The molecule has 0 unspecified atom stereocenters. The Morgan fingerprint density at radius 3 is 2.68 bits per heavy atom. The number of likely N-dealkylation sites (tertiary alicyclic amines) is 1. The third kappa shape index (κ3) is 6.36. The normalized spacial score (nSPS) is 18.0. The Morgan fingerprint density at radius 2 is 2.04 bits per heavy atom. The van der Waals surface area contributed by atoms with Gasteiger partial charge in [0.1, 0.15) is 0 Å². The van der Waals surface area contributed by atoms with Gasteiger partial charge in [-0.2, -0.15) is 0 Å². The number of guanidine groups is 1. The quantitative estimate of drug-likeness (QED) is 0.351. The second-order valence-corrected chi connectivity index (χ2v) is 7.78. The van der Waals surface area contributed by atoms with Gasteiger partial charge in [0.05, 0.1) is 12.8 Å². The Kier molecular flexibility index (Phi) is 9.56. The summed E-state index contributed by atoms with van der Waals surface area (Å²) in [5.41, 5.74) is 1.14. The molecule has 1 aromatic rings. The van der Waals surface area contributed by atoms with Crippen LogP contribution in [0.15, 0.2) is 10.4 Å². The molecule has 0 aromatic carbocycles. The van der Waals surface area contributed by atoms with Crippen LogP contribution >= 0.6 is 35.3 Å². The van der Waals surface area contributed by atoms with E-state index >= 15 is 0 Å². The van der Waals surface area contributed by atoms with Crippen molar-refractivity contribution in [1.29, 1.82) is 0 Å². The van der Waals surface area contributed by atoms with Crippen LogP contribution in [-0.2, 0) is 11.2 Å². The summed E-state index contributed by atoms with van der Waals surface area (Å²) in [7, 11) is 3.21. The number of piperidine rings is 1. The number of thiazole rings is 1. The molecule has 0 bridgehead atoms. The Hall–Kier alpha value is -1.30. The van der Waals surface area contributed by atoms with Crippen molar-refractivity contribution in [2.45, 2.75) is 38.1 Å². The van der Waals surface area contributed by atoms with Crippen LogP contribution in [0.5, 0.6) is 0 Å². The Morgan fingerprint density at radius 1 is 1.32 bits per heavy atom. The second kappa shape index (κ2) is 11.6. The van der Waals surface area contributed by atoms with Gasteiger partial charge in [-0.1, -0.05) is 0 Å². The Balaban J connectivity index is 0.00000280. The number of methoxy groups -OCH3 is 1. The van der Waals surface area contributed by atoms with E-state index in [0.29, 0.717) is 19.1 Å². The van der Waals surface area contributed by atoms with Crippen molar-refractivity contribution in [1.82, 2.24) is 20.5 Å². The van der Waals surface area contributed by atoms with Crippen LogP contribution in [0.1, 0.15) is 31.4 Å². The summed E-state index contributed by atoms with van der Waals surface area (Å²) in [6, 6.07) is 0.318. The van der Waals surface area contributed by atoms with Crippen molar-refractivity contribution < 1.29 is 9.53 Å². The van der Waals surface area contributed by atoms with E-state index in [4.69, 9.17) is 9.72 Å². The number of ether oxygens (including phenoxy) is 1. The van der Waals surface area contributed by atoms with Gasteiger partial charge in [0.25, 0.3) is 0 Å². The lowest BCUT2D eigenvalue weighted by Crippen LogP contribution is -2.50. The number of hydrogen-bond donors (Lipinski definition) is 2. The highest BCUT2D eigenvalue weighted by atomic mass is 127. The fourth-order valence-electron chi connectivity index (χ4n) is 3.50. The molecule has 2 aliphatic rings. The molecule has 2 fully saturated rings. The van der Waals surface area contributed by atoms with Gasteiger partial charge in [-0.3, -0.25) is 4.99 Å². The molecule has 1 aromatic heterocycles. The molecule has 8 nitrogen and oxygen atoms in total. The first-order valence-electron chi connectivity index (χ1n) is 9.69. The summed E-state index contributed by atoms with van der Waals surface area (Å²) in [5.74, 6) is 0.807. The SMILES string of the molecule is CN=C(NCCc1csc(N2CCCC2)n1)NC1CCN(C(=O)OC)CC1.I. The van der Waals surface area contributed by atoms with Crippen molar-refractivity contribution in [2.24, 2.45) is 4.99 Å². The third-order valence-corrected chi connectivity index (χ3v) is 6.03. The minimum Gasteiger partial charge on any atom is -0.453 e. The molecule has 0 saturated carbocycles. The number of carbonyl (C=O) groups excluding carboxylic acids is 1. The highest BCUT2D eigenvalue weighted by molar-refractivity contribution is 14.0. The highest BCUT2D eigenvalue weighted by Crippen LogP contribution is 2.24. The summed E-state index contributed by atoms with van der Waals surface area (Å²) in [4.78, 5) is 24.7. The molecule has 2 saturated heterocycles. The molecular weight excluding hydrogens is 491 g/mol. The molecule has 1 amide bonds. The van der Waals surface area contributed by atoms with Gasteiger partial charge in [0.15, 0.2) is 11.1 Å². The van der Waals surface area contributed by atoms with Crippen LogP contribution in [0.4, 0.5) is 9.93 Å². The summed E-state index contributed by atoms with van der Waals surface area (Å²) < 4.78 is 4.78. The number of carbonyl (C=O) groups is 1. The molecule has 2 aliphatic heterocycles. The van der Waals surface area contributed by atoms with E-state index in [9.17, 15) is 4.79 Å². The van der Waals surface area contributed by atoms with E-state index in [1.54, 1.807) is 23.3 Å². The fourth-order valence-corrected chi connectivity index (χ4v) is 4.41. The van der Waals surface area contributed by atoms with Gasteiger partial charge in [-0.25, -0.2) is 9.78 Å². The third-order valence-electron chi connectivity index (χ3n) is 5.08. The van der Waals surface area contributed by atoms with Crippen LogP contribution < -0.4 is 15.5 Å². The van der Waals surface area contributed by atoms with Gasteiger partial charge in [-0.05, 0) is 25.7 Å². The number of hydrogen-bond acceptors (Lipinski definition) is 6. The van der Waals surface area contributed by atoms with Crippen LogP contribution in [0.2, 0.25) is 0 Å². The number of rotatable bonds is 5. The predicted octanol–water partition coefficient (Wildman–Crippen LogP) is 2.30. The lowest BCUT2D eigenvalue weighted by molar-refractivity contribution is 0.111. The van der Waals surface area contributed by atoms with Crippen molar-refractivity contribution in [3.8, 4) is 0 Å². The first kappa shape index (κ1) is 23.0. The first-order chi connectivity index (χ1) is 13.2. The summed E-state index contributed by atoms with van der Waals surface area (Å²) in [5, 5.41) is 10.1. The molecule has 10 heteroatoms. The van der Waals surface area contributed by atoms with Gasteiger partial charge >= 0.3 is 6.09 Å². The van der Waals surface area contributed by atoms with Crippen LogP contribution in [-0.4, -0.2) is 74.9 Å². The smallest absolute Gasteiger partial charge is 0.409 e. The van der Waals surface area contributed by atoms with Crippen molar-refractivity contribution in [2.75, 3.05) is 51.8 Å². The zero-order valence-electron chi connectivity index (χ0n) is 16.6. The predicted molar refractivity (Wildman–Crippen MR) is 124 cm³/mol. The maximum absolute atomic E-state index is 11.6. The molecule has 0 radical (unpaired) electrons. The van der Waals surface area contributed by atoms with Gasteiger partial charge in [0.2, 0.25) is 0 Å². The average Bonchev–Trinajstić information content (AvgIpc) is 3.39. The van der Waals surface area contributed by atoms with Gasteiger partial charge in [-0.15, -0.1) is 35.3 Å². The monoisotopic (exact) mass is 522 g/mol. The number of aromatic nitrogens is 1. The largest absolute Gasteiger partial charge is 0.453 e. The lowest BCUT2D eigenvalue weighted by Gasteiger charge is -2.32. The second-order valence-electron chi connectivity index (χ2n) is 6.94. The maximum atomic E-state index is 11.6. The molecule has 28 heavy (non-hydrogen) atoms. The lowest BCUT2D eigenvalue weighted by atomic mass is 10.1. The molecule has 3 heterocycles. The van der Waals surface area contributed by atoms with Crippen molar-refractivity contribution in [3.63, 3.8) is 0 Å². The van der Waals surface area contributed by atoms with Crippen molar-refractivity contribution in [3.05, 3.63) is 11.1 Å². The topological polar surface area (TPSA) is 82.1 Å². The summed E-state index contributed by atoms with van der Waals surface area (Å²) in [6.45, 7) is 4.48. The van der Waals surface area contributed by atoms with Crippen LogP contribution in [0, 0.1) is 0 Å². The number of aliphatic imine (C=N–C) groups is 1. The number of nitrogens with one attached hydrogen (secondary N) is 2. The van der Waals surface area contributed by atoms with Crippen LogP contribution in [0.3, 0.4) is 0 Å². The van der Waals surface area contributed by atoms with E-state index in [0.717, 1.165) is 55.7 Å².